The summed E-state index contributed by atoms with van der Waals surface area (Å²) in [5.74, 6) is 19.1. The Morgan fingerprint density at radius 2 is 0.757 bits per heavy atom. The van der Waals surface area contributed by atoms with Crippen LogP contribution in [0.1, 0.15) is 320 Å². The van der Waals surface area contributed by atoms with E-state index in [2.05, 4.69) is 187 Å². The minimum atomic E-state index is -1.64. The molecule has 10 saturated carbocycles. The number of fused-ring (bicyclic) bond motifs is 11. The fourth-order valence-electron chi connectivity index (χ4n) is 30.0. The number of halogens is 2. The first-order valence-corrected chi connectivity index (χ1v) is 66.2. The molecule has 15 aliphatic rings. The summed E-state index contributed by atoms with van der Waals surface area (Å²) in [4.78, 5) is 0. The molecule has 18 rings (SSSR count). The molecule has 0 aliphatic heterocycles. The van der Waals surface area contributed by atoms with Crippen LogP contribution in [0.5, 0.6) is 0 Å². The Morgan fingerprint density at radius 3 is 1.17 bits per heavy atom. The van der Waals surface area contributed by atoms with Crippen LogP contribution in [0.25, 0.3) is 17.2 Å². The maximum Gasteiger partial charge on any atom is 1.00 e. The third kappa shape index (κ3) is 18.8. The molecule has 3 aromatic rings. The zero-order valence-electron chi connectivity index (χ0n) is 75.7. The normalized spacial score (nSPS) is 35.0. The van der Waals surface area contributed by atoms with Crippen LogP contribution in [0.15, 0.2) is 66.8 Å². The van der Waals surface area contributed by atoms with Crippen molar-refractivity contribution in [1.82, 2.24) is 0 Å². The maximum absolute atomic E-state index is 4.93. The Bertz CT molecular complexity index is 3520. The van der Waals surface area contributed by atoms with E-state index in [9.17, 15) is 0 Å². The average molecular weight is 1680 g/mol. The topological polar surface area (TPSA) is 0 Å². The molecule has 0 heterocycles. The Balaban J connectivity index is 0.000000155. The van der Waals surface area contributed by atoms with Crippen molar-refractivity contribution in [2.75, 3.05) is 0 Å². The molecule has 604 valence electrons. The SMILES string of the molecule is CCC(C)C1=CC([Si](C)(C)C)c2cc3c(cc21)CCC3.CCC(C)C1=CC([Si](C)(C)C2C=Cc3ccccc32)c2cc3c(cc21)CCC3.CCC(C)C1CC([Si](C)(C)C2CCC3CCCCC32)C2CC3CCCC3CC12.CCC(C)C1CC([Si](C)(C)C2CCC3CCCCC32)C2CC3CCCC3CC12.[CH3-].[CH3-].[Cl][Zr+2][Cl].[Li+].[Li+]. The van der Waals surface area contributed by atoms with Gasteiger partial charge in [-0.15, -0.1) is 0 Å². The Hall–Kier alpha value is 0.405. The van der Waals surface area contributed by atoms with Crippen molar-refractivity contribution in [3.8, 4) is 0 Å². The van der Waals surface area contributed by atoms with Crippen LogP contribution in [-0.2, 0) is 46.5 Å². The quantitative estimate of drug-likeness (QED) is 0.105. The van der Waals surface area contributed by atoms with Crippen LogP contribution in [0.2, 0.25) is 81.1 Å². The molecule has 10 fully saturated rings. The van der Waals surface area contributed by atoms with Crippen molar-refractivity contribution in [3.05, 3.63) is 137 Å². The van der Waals surface area contributed by atoms with Crippen LogP contribution >= 0.6 is 17.0 Å². The van der Waals surface area contributed by atoms with E-state index < -0.39 is 53.1 Å². The van der Waals surface area contributed by atoms with Gasteiger partial charge in [-0.3, -0.25) is 0 Å². The van der Waals surface area contributed by atoms with E-state index in [1.54, 1.807) is 215 Å². The van der Waals surface area contributed by atoms with Gasteiger partial charge in [0.25, 0.3) is 0 Å². The Morgan fingerprint density at radius 1 is 0.378 bits per heavy atom. The number of allylic oxidation sites excluding steroid dienone is 5. The van der Waals surface area contributed by atoms with Crippen LogP contribution in [0.3, 0.4) is 0 Å². The van der Waals surface area contributed by atoms with E-state index in [0.717, 1.165) is 100 Å². The van der Waals surface area contributed by atoms with Gasteiger partial charge in [0.05, 0.1) is 32.3 Å². The predicted molar refractivity (Wildman–Crippen MR) is 489 cm³/mol. The van der Waals surface area contributed by atoms with E-state index in [0.29, 0.717) is 22.9 Å². The van der Waals surface area contributed by atoms with Crippen molar-refractivity contribution >= 4 is 66.5 Å². The van der Waals surface area contributed by atoms with Gasteiger partial charge in [-0.1, -0.05) is 316 Å². The van der Waals surface area contributed by atoms with Crippen molar-refractivity contribution in [1.29, 1.82) is 0 Å². The second-order valence-corrected chi connectivity index (χ2v) is 67.6. The Labute approximate surface area is 733 Å². The van der Waals surface area contributed by atoms with Gasteiger partial charge in [-0.25, -0.2) is 0 Å². The van der Waals surface area contributed by atoms with Crippen molar-refractivity contribution in [3.63, 3.8) is 0 Å². The zero-order valence-corrected chi connectivity index (χ0v) is 83.6. The van der Waals surface area contributed by atoms with Gasteiger partial charge < -0.3 is 14.9 Å². The molecule has 9 heteroatoms. The third-order valence-electron chi connectivity index (χ3n) is 36.6. The van der Waals surface area contributed by atoms with E-state index in [-0.39, 0.29) is 52.6 Å². The Kier molecular flexibility index (Phi) is 33.5. The molecule has 0 N–H and O–H groups in total. The summed E-state index contributed by atoms with van der Waals surface area (Å²) in [6.07, 6.45) is 61.8. The summed E-state index contributed by atoms with van der Waals surface area (Å²) in [7, 11) is 4.65. The van der Waals surface area contributed by atoms with Gasteiger partial charge in [0, 0.05) is 0 Å². The molecular formula is C102H162Cl2Li2Si4Zr+2. The van der Waals surface area contributed by atoms with Gasteiger partial charge in [0.1, 0.15) is 0 Å². The summed E-state index contributed by atoms with van der Waals surface area (Å²) < 4.78 is 0. The first-order valence-electron chi connectivity index (χ1n) is 46.8. The predicted octanol–water partition coefficient (Wildman–Crippen LogP) is 26.3. The number of rotatable bonds is 15. The molecule has 25 unspecified atom stereocenters. The van der Waals surface area contributed by atoms with Crippen molar-refractivity contribution in [2.24, 2.45) is 107 Å². The van der Waals surface area contributed by atoms with Gasteiger partial charge in [0.15, 0.2) is 0 Å². The van der Waals surface area contributed by atoms with Gasteiger partial charge in [0.2, 0.25) is 0 Å². The summed E-state index contributed by atoms with van der Waals surface area (Å²) in [6.45, 7) is 44.1. The van der Waals surface area contributed by atoms with E-state index in [1.807, 2.05) is 0 Å². The summed E-state index contributed by atoms with van der Waals surface area (Å²) in [6, 6.07) is 19.4. The molecular weight excluding hydrogens is 1510 g/mol. The zero-order chi connectivity index (χ0) is 75.6. The summed E-state index contributed by atoms with van der Waals surface area (Å²) in [5, 5.41) is 0. The van der Waals surface area contributed by atoms with Crippen LogP contribution in [-0.4, -0.2) is 32.3 Å². The third-order valence-corrected chi connectivity index (χ3v) is 53.5. The maximum atomic E-state index is 4.93. The average Bonchev–Trinajstić information content (AvgIpc) is 1.59. The minimum Gasteiger partial charge on any atom is 1.00 e. The molecule has 0 bridgehead atoms. The fraction of sp³-hybridized carbons (Fsp3) is 0.745. The van der Waals surface area contributed by atoms with Crippen molar-refractivity contribution in [2.45, 2.75) is 371 Å². The second kappa shape index (κ2) is 39.7. The number of benzene rings is 3. The van der Waals surface area contributed by atoms with E-state index in [4.69, 9.17) is 17.0 Å². The van der Waals surface area contributed by atoms with E-state index >= 15 is 0 Å². The van der Waals surface area contributed by atoms with Crippen LogP contribution < -0.4 is 37.7 Å². The molecule has 0 radical (unpaired) electrons. The molecule has 0 nitrogen and oxygen atoms in total. The van der Waals surface area contributed by atoms with Gasteiger partial charge in [-0.05, 0) is 302 Å². The fourth-order valence-corrected chi connectivity index (χ4v) is 46.3. The molecule has 3 aromatic carbocycles. The van der Waals surface area contributed by atoms with Gasteiger partial charge in [-0.2, -0.15) is 0 Å². The number of aryl methyl sites for hydroxylation is 4. The monoisotopic (exact) mass is 1670 g/mol. The van der Waals surface area contributed by atoms with Crippen LogP contribution in [0.4, 0.5) is 0 Å². The van der Waals surface area contributed by atoms with Gasteiger partial charge >= 0.3 is 75.6 Å². The number of hydrogen-bond donors (Lipinski definition) is 0. The second-order valence-electron chi connectivity index (χ2n) is 43.4. The van der Waals surface area contributed by atoms with E-state index in [1.165, 1.54) is 91.9 Å². The van der Waals surface area contributed by atoms with Crippen molar-refractivity contribution < 1.29 is 58.6 Å². The molecule has 111 heavy (non-hydrogen) atoms. The molecule has 0 spiro atoms. The molecule has 0 saturated heterocycles. The summed E-state index contributed by atoms with van der Waals surface area (Å²) >= 11 is -0.826. The minimum absolute atomic E-state index is 0. The number of hydrogen-bond acceptors (Lipinski definition) is 0. The first kappa shape index (κ1) is 93.7. The smallest absolute Gasteiger partial charge is 1.00 e. The molecule has 25 atom stereocenters. The molecule has 0 aromatic heterocycles. The standard InChI is InChI=1S/2C27H48Si.C27H32Si.C19H28Si.2CH3.2ClH.2Li.Zr/c3*1-5-18(2)23-17-27(25-16-21-11-8-10-20(21)15-24(23)25)28(3,4)26-14-13-19-9-6-7-12-22(19)26;1-6-13(2)16-12-19(20(3,4)5)18-11-15-9-7-8-14(15)10-17(16)18;;;;;;;/h2*18-27H,5-17H2,1-4H3;6-7,9,12-18,26-27H,5,8,10-11H2,1-4H3;10-13,19H,6-9H2,1-5H3;2*1H3;2*1H;;;/q;;;;2*-1;;;2*+1;+4/p-2. The van der Waals surface area contributed by atoms with Crippen LogP contribution in [0, 0.1) is 121 Å². The first-order chi connectivity index (χ1) is 51.3. The molecule has 15 aliphatic carbocycles. The molecule has 0 amide bonds. The summed E-state index contributed by atoms with van der Waals surface area (Å²) in [5.41, 5.74) is 26.0. The largest absolute Gasteiger partial charge is 1.00 e.